The van der Waals surface area contributed by atoms with Crippen molar-refractivity contribution in [2.45, 2.75) is 0 Å². The summed E-state index contributed by atoms with van der Waals surface area (Å²) in [6.07, 6.45) is 0. The van der Waals surface area contributed by atoms with Crippen molar-refractivity contribution in [1.82, 2.24) is 0 Å². The van der Waals surface area contributed by atoms with Crippen molar-refractivity contribution in [3.8, 4) is 34.4 Å². The summed E-state index contributed by atoms with van der Waals surface area (Å²) in [5.74, 6) is 0. The van der Waals surface area contributed by atoms with Crippen LogP contribution in [0.15, 0.2) is 182 Å². The van der Waals surface area contributed by atoms with E-state index in [0.29, 0.717) is 11.1 Å². The lowest BCUT2D eigenvalue weighted by molar-refractivity contribution is 1.50. The third-order valence-corrected chi connectivity index (χ3v) is 16.2. The molecule has 0 fully saturated rings. The fourth-order valence-corrected chi connectivity index (χ4v) is 13.8. The van der Waals surface area contributed by atoms with Gasteiger partial charge in [-0.1, -0.05) is 158 Å². The van der Waals surface area contributed by atoms with Gasteiger partial charge in [-0.25, -0.2) is 0 Å². The highest BCUT2D eigenvalue weighted by Crippen LogP contribution is 2.58. The van der Waals surface area contributed by atoms with Gasteiger partial charge in [0, 0.05) is 0 Å². The maximum atomic E-state index is 10.5. The molecule has 2 heteroatoms. The molecule has 0 spiro atoms. The summed E-state index contributed by atoms with van der Waals surface area (Å²) in [6, 6.07) is 71.9. The molecule has 0 bridgehead atoms. The molecular formula is C66H30N2. The maximum Gasteiger partial charge on any atom is 0.0992 e. The van der Waals surface area contributed by atoms with Crippen molar-refractivity contribution < 1.29 is 0 Å². The normalized spacial score (nSPS) is 12.7. The Morgan fingerprint density at radius 2 is 0.471 bits per heavy atom. The molecule has 0 amide bonds. The predicted octanol–water partition coefficient (Wildman–Crippen LogP) is 18.1. The van der Waals surface area contributed by atoms with Crippen LogP contribution in [0.5, 0.6) is 0 Å². The Kier molecular flexibility index (Phi) is 6.13. The number of hydrogen-bond acceptors (Lipinski definition) is 2. The minimum atomic E-state index is 0.678. The quantitative estimate of drug-likeness (QED) is 0.128. The van der Waals surface area contributed by atoms with Crippen molar-refractivity contribution >= 4 is 151 Å². The summed E-state index contributed by atoms with van der Waals surface area (Å²) >= 11 is 0. The van der Waals surface area contributed by atoms with E-state index in [4.69, 9.17) is 0 Å². The Bertz CT molecular complexity index is 4840. The summed E-state index contributed by atoms with van der Waals surface area (Å²) in [5, 5.41) is 55.7. The molecule has 2 nitrogen and oxygen atoms in total. The smallest absolute Gasteiger partial charge is 0.0992 e. The van der Waals surface area contributed by atoms with E-state index < -0.39 is 0 Å². The minimum absolute atomic E-state index is 0.678. The largest absolute Gasteiger partial charge is 0.192 e. The van der Waals surface area contributed by atoms with Gasteiger partial charge in [0.25, 0.3) is 0 Å². The number of fused-ring (bicyclic) bond motifs is 16. The van der Waals surface area contributed by atoms with E-state index in [2.05, 4.69) is 194 Å². The monoisotopic (exact) mass is 850 g/mol. The molecule has 304 valence electrons. The Morgan fingerprint density at radius 1 is 0.206 bits per heavy atom. The fraction of sp³-hybridized carbons (Fsp3) is 0. The second-order valence-electron chi connectivity index (χ2n) is 19.1. The standard InChI is InChI=1S/C66H30N2/c67-31-33-27-49-37-15-7-9-17-39(37)61-59(49)51(29-33)53(35-11-3-1-4-12-35)63-45-23-19-41-44-22-26-48-58-46(24-20-42(56(44)58)43-21-25-47(65(61)63)57(45)55(41)43)64-54(36-13-5-2-6-14-36)52-30-34(32-68)28-50-38-16-8-10-18-40(38)62(60(50)52)66(48)64/h1-30H. The zero-order valence-corrected chi connectivity index (χ0v) is 36.2. The van der Waals surface area contributed by atoms with Crippen LogP contribution in [0.1, 0.15) is 11.1 Å². The van der Waals surface area contributed by atoms with Gasteiger partial charge in [-0.05, 0) is 197 Å². The van der Waals surface area contributed by atoms with E-state index in [0.717, 1.165) is 32.7 Å². The summed E-state index contributed by atoms with van der Waals surface area (Å²) in [4.78, 5) is 0. The molecule has 17 aromatic carbocycles. The van der Waals surface area contributed by atoms with Crippen LogP contribution in [0, 0.1) is 22.7 Å². The molecule has 0 saturated carbocycles. The van der Waals surface area contributed by atoms with Crippen LogP contribution < -0.4 is 0 Å². The molecule has 0 N–H and O–H groups in total. The van der Waals surface area contributed by atoms with Crippen molar-refractivity contribution in [2.24, 2.45) is 0 Å². The van der Waals surface area contributed by atoms with E-state index in [1.165, 1.54) is 140 Å². The molecular weight excluding hydrogens is 821 g/mol. The van der Waals surface area contributed by atoms with Gasteiger partial charge in [-0.2, -0.15) is 10.5 Å². The average molecular weight is 851 g/mol. The van der Waals surface area contributed by atoms with Gasteiger partial charge in [0.1, 0.15) is 0 Å². The molecule has 0 aromatic heterocycles. The molecule has 17 rings (SSSR count). The lowest BCUT2D eigenvalue weighted by Crippen LogP contribution is -1.87. The SMILES string of the molecule is N#Cc1cc2c(-c3ccccc3)c3c4ccc5c6ccc7c8c(ccc(c9ccc(c4c59)c3c3c4ccccc4c(c1)c23)c68)c1c(-c2ccccc2)c2cc(C#N)cc3c4ccccc4c(c23)c71. The summed E-state index contributed by atoms with van der Waals surface area (Å²) < 4.78 is 0. The third kappa shape index (κ3) is 3.88. The van der Waals surface area contributed by atoms with Gasteiger partial charge in [0.2, 0.25) is 0 Å². The molecule has 0 aliphatic carbocycles. The van der Waals surface area contributed by atoms with E-state index in [-0.39, 0.29) is 0 Å². The topological polar surface area (TPSA) is 47.6 Å². The molecule has 0 aliphatic heterocycles. The zero-order valence-electron chi connectivity index (χ0n) is 36.2. The highest BCUT2D eigenvalue weighted by molar-refractivity contribution is 6.54. The van der Waals surface area contributed by atoms with Crippen LogP contribution in [0.2, 0.25) is 0 Å². The summed E-state index contributed by atoms with van der Waals surface area (Å²) in [5.41, 5.74) is 6.05. The summed E-state index contributed by atoms with van der Waals surface area (Å²) in [6.45, 7) is 0. The maximum absolute atomic E-state index is 10.5. The third-order valence-electron chi connectivity index (χ3n) is 16.2. The molecule has 0 heterocycles. The van der Waals surface area contributed by atoms with Gasteiger partial charge in [0.05, 0.1) is 23.3 Å². The van der Waals surface area contributed by atoms with Crippen molar-refractivity contribution in [3.63, 3.8) is 0 Å². The molecule has 68 heavy (non-hydrogen) atoms. The number of nitriles is 2. The minimum Gasteiger partial charge on any atom is -0.192 e. The first-order valence-corrected chi connectivity index (χ1v) is 23.4. The van der Waals surface area contributed by atoms with Crippen molar-refractivity contribution in [3.05, 3.63) is 193 Å². The molecule has 0 atom stereocenters. The summed E-state index contributed by atoms with van der Waals surface area (Å²) in [7, 11) is 0. The Balaban J connectivity index is 1.09. The van der Waals surface area contributed by atoms with E-state index in [9.17, 15) is 10.5 Å². The molecule has 0 aliphatic rings. The van der Waals surface area contributed by atoms with Gasteiger partial charge >= 0.3 is 0 Å². The first-order valence-electron chi connectivity index (χ1n) is 23.4. The Labute approximate surface area is 386 Å². The van der Waals surface area contributed by atoms with Gasteiger partial charge in [-0.15, -0.1) is 0 Å². The van der Waals surface area contributed by atoms with Crippen LogP contribution >= 0.6 is 0 Å². The van der Waals surface area contributed by atoms with Gasteiger partial charge < -0.3 is 0 Å². The lowest BCUT2D eigenvalue weighted by atomic mass is 9.87. The molecule has 0 radical (unpaired) electrons. The second-order valence-corrected chi connectivity index (χ2v) is 19.1. The predicted molar refractivity (Wildman–Crippen MR) is 288 cm³/mol. The number of rotatable bonds is 2. The van der Waals surface area contributed by atoms with Gasteiger partial charge in [0.15, 0.2) is 0 Å². The van der Waals surface area contributed by atoms with Crippen LogP contribution in [0.3, 0.4) is 0 Å². The molecule has 0 saturated heterocycles. The van der Waals surface area contributed by atoms with E-state index in [1.54, 1.807) is 0 Å². The highest BCUT2D eigenvalue weighted by Gasteiger charge is 2.30. The molecule has 0 unspecified atom stereocenters. The van der Waals surface area contributed by atoms with Crippen LogP contribution in [0.4, 0.5) is 0 Å². The fourth-order valence-electron chi connectivity index (χ4n) is 13.8. The average Bonchev–Trinajstić information content (AvgIpc) is 4.12. The van der Waals surface area contributed by atoms with Crippen LogP contribution in [-0.2, 0) is 0 Å². The number of nitrogens with zero attached hydrogens (tertiary/aromatic N) is 2. The first kappa shape index (κ1) is 35.0. The Morgan fingerprint density at radius 3 is 0.853 bits per heavy atom. The number of hydrogen-bond donors (Lipinski definition) is 0. The highest BCUT2D eigenvalue weighted by atomic mass is 14.3. The molecule has 17 aromatic rings. The van der Waals surface area contributed by atoms with Crippen molar-refractivity contribution in [1.29, 1.82) is 10.5 Å². The van der Waals surface area contributed by atoms with E-state index >= 15 is 0 Å². The van der Waals surface area contributed by atoms with Crippen LogP contribution in [0.25, 0.3) is 173 Å². The Hall–Kier alpha value is -9.34. The number of benzene rings is 13. The van der Waals surface area contributed by atoms with Crippen LogP contribution in [-0.4, -0.2) is 0 Å². The first-order chi connectivity index (χ1) is 33.7. The van der Waals surface area contributed by atoms with E-state index in [1.807, 2.05) is 0 Å². The van der Waals surface area contributed by atoms with Crippen molar-refractivity contribution in [2.75, 3.05) is 0 Å². The zero-order chi connectivity index (χ0) is 44.3. The lowest BCUT2D eigenvalue weighted by Gasteiger charge is -2.15. The second kappa shape index (κ2) is 11.9. The van der Waals surface area contributed by atoms with Gasteiger partial charge in [-0.3, -0.25) is 0 Å².